The van der Waals surface area contributed by atoms with Gasteiger partial charge in [-0.2, -0.15) is 5.26 Å². The molecule has 78 valence electrons. The molecule has 2 bridgehead atoms. The molecule has 1 fully saturated rings. The highest BCUT2D eigenvalue weighted by atomic mass is 16.6. The maximum Gasteiger partial charge on any atom is 0.337 e. The molecule has 1 saturated heterocycles. The first-order valence-electron chi connectivity index (χ1n) is 4.57. The van der Waals surface area contributed by atoms with Gasteiger partial charge in [0.2, 0.25) is 0 Å². The summed E-state index contributed by atoms with van der Waals surface area (Å²) in [5.41, 5.74) is 0.355. The van der Waals surface area contributed by atoms with E-state index in [1.807, 2.05) is 6.07 Å². The molecule has 5 nitrogen and oxygen atoms in total. The van der Waals surface area contributed by atoms with E-state index in [0.717, 1.165) is 0 Å². The molecule has 0 radical (unpaired) electrons. The van der Waals surface area contributed by atoms with E-state index in [0.29, 0.717) is 12.0 Å². The second-order valence-electron chi connectivity index (χ2n) is 3.54. The normalized spacial score (nSPS) is 32.7. The fourth-order valence-corrected chi connectivity index (χ4v) is 1.93. The fraction of sp³-hybridized carbons (Fsp3) is 0.500. The number of carbonyl (C=O) groups is 2. The molecule has 3 rings (SSSR count). The second-order valence-corrected chi connectivity index (χ2v) is 3.54. The predicted molar refractivity (Wildman–Crippen MR) is 47.2 cm³/mol. The summed E-state index contributed by atoms with van der Waals surface area (Å²) in [5, 5.41) is 8.81. The minimum absolute atomic E-state index is 0.355. The monoisotopic (exact) mass is 207 g/mol. The lowest BCUT2D eigenvalue weighted by atomic mass is 9.77. The van der Waals surface area contributed by atoms with Crippen LogP contribution in [0.4, 0.5) is 0 Å². The summed E-state index contributed by atoms with van der Waals surface area (Å²) < 4.78 is 9.56. The van der Waals surface area contributed by atoms with Crippen molar-refractivity contribution in [1.82, 2.24) is 0 Å². The summed E-state index contributed by atoms with van der Waals surface area (Å²) in [7, 11) is 1.27. The average Bonchev–Trinajstić information content (AvgIpc) is 2.27. The SMILES string of the molecule is COC(=O)C1=C[C@H]2C(=O)O[C@@H]1CC2C#N. The molecular weight excluding hydrogens is 198 g/mol. The van der Waals surface area contributed by atoms with Gasteiger partial charge in [-0.15, -0.1) is 0 Å². The summed E-state index contributed by atoms with van der Waals surface area (Å²) in [6, 6.07) is 2.05. The minimum Gasteiger partial charge on any atom is -0.466 e. The highest BCUT2D eigenvalue weighted by molar-refractivity contribution is 5.93. The summed E-state index contributed by atoms with van der Waals surface area (Å²) in [6.45, 7) is 0. The molecule has 5 heteroatoms. The highest BCUT2D eigenvalue weighted by Crippen LogP contribution is 2.37. The molecule has 1 aliphatic carbocycles. The van der Waals surface area contributed by atoms with Crippen LogP contribution in [0.5, 0.6) is 0 Å². The van der Waals surface area contributed by atoms with Crippen LogP contribution in [0.2, 0.25) is 0 Å². The number of fused-ring (bicyclic) bond motifs is 2. The van der Waals surface area contributed by atoms with Gasteiger partial charge in [0.15, 0.2) is 0 Å². The predicted octanol–water partition coefficient (Wildman–Crippen LogP) is 0.171. The Balaban J connectivity index is 2.33. The first-order valence-corrected chi connectivity index (χ1v) is 4.57. The maximum atomic E-state index is 11.3. The largest absolute Gasteiger partial charge is 0.466 e. The summed E-state index contributed by atoms with van der Waals surface area (Å²) in [4.78, 5) is 22.6. The number of hydrogen-bond donors (Lipinski definition) is 0. The number of hydrogen-bond acceptors (Lipinski definition) is 5. The number of esters is 2. The van der Waals surface area contributed by atoms with Gasteiger partial charge >= 0.3 is 11.9 Å². The molecule has 0 N–H and O–H groups in total. The fourth-order valence-electron chi connectivity index (χ4n) is 1.93. The summed E-state index contributed by atoms with van der Waals surface area (Å²) >= 11 is 0. The first-order chi connectivity index (χ1) is 7.17. The first kappa shape index (κ1) is 9.71. The number of nitrogens with zero attached hydrogens (tertiary/aromatic N) is 1. The van der Waals surface area contributed by atoms with Gasteiger partial charge in [-0.3, -0.25) is 4.79 Å². The van der Waals surface area contributed by atoms with Crippen LogP contribution in [0.1, 0.15) is 6.42 Å². The highest BCUT2D eigenvalue weighted by Gasteiger charge is 2.46. The van der Waals surface area contributed by atoms with Crippen molar-refractivity contribution in [3.8, 4) is 6.07 Å². The van der Waals surface area contributed by atoms with Gasteiger partial charge in [0.25, 0.3) is 0 Å². The van der Waals surface area contributed by atoms with E-state index >= 15 is 0 Å². The molecule has 0 aromatic rings. The quantitative estimate of drug-likeness (QED) is 0.573. The maximum absolute atomic E-state index is 11.3. The summed E-state index contributed by atoms with van der Waals surface area (Å²) in [5.74, 6) is -1.92. The molecule has 1 unspecified atom stereocenters. The molecule has 0 spiro atoms. The molecule has 0 amide bonds. The van der Waals surface area contributed by atoms with E-state index < -0.39 is 24.0 Å². The van der Waals surface area contributed by atoms with Gasteiger partial charge in [0, 0.05) is 6.42 Å². The Kier molecular flexibility index (Phi) is 2.19. The van der Waals surface area contributed by atoms with Crippen molar-refractivity contribution in [1.29, 1.82) is 5.26 Å². The number of ether oxygens (including phenoxy) is 2. The van der Waals surface area contributed by atoms with E-state index in [9.17, 15) is 9.59 Å². The third kappa shape index (κ3) is 1.38. The van der Waals surface area contributed by atoms with E-state index in [1.165, 1.54) is 13.2 Å². The Hall–Kier alpha value is -1.83. The van der Waals surface area contributed by atoms with Crippen LogP contribution in [0.25, 0.3) is 0 Å². The van der Waals surface area contributed by atoms with E-state index in [4.69, 9.17) is 10.00 Å². The van der Waals surface area contributed by atoms with Crippen LogP contribution in [-0.2, 0) is 19.1 Å². The molecular formula is C10H9NO4. The zero-order valence-corrected chi connectivity index (χ0v) is 8.10. The van der Waals surface area contributed by atoms with Crippen molar-refractivity contribution in [2.24, 2.45) is 11.8 Å². The van der Waals surface area contributed by atoms with Crippen molar-refractivity contribution in [2.45, 2.75) is 12.5 Å². The molecule has 3 atom stereocenters. The topological polar surface area (TPSA) is 76.4 Å². The van der Waals surface area contributed by atoms with Gasteiger partial charge in [0.1, 0.15) is 6.10 Å². The third-order valence-electron chi connectivity index (χ3n) is 2.72. The number of methoxy groups -OCH3 is 1. The Labute approximate surface area is 86.3 Å². The smallest absolute Gasteiger partial charge is 0.337 e. The van der Waals surface area contributed by atoms with Gasteiger partial charge in [-0.1, -0.05) is 6.08 Å². The molecule has 0 aromatic heterocycles. The molecule has 3 aliphatic rings. The van der Waals surface area contributed by atoms with Gasteiger partial charge in [0.05, 0.1) is 30.6 Å². The standard InChI is InChI=1S/C10H9NO4/c1-14-9(12)7-3-6-5(4-11)2-8(7)15-10(6)13/h3,5-6,8H,2H2,1H3/t5?,6-,8-/m1/s1. The molecule has 0 saturated carbocycles. The molecule has 15 heavy (non-hydrogen) atoms. The van der Waals surface area contributed by atoms with Crippen molar-refractivity contribution in [2.75, 3.05) is 7.11 Å². The van der Waals surface area contributed by atoms with Crippen LogP contribution in [-0.4, -0.2) is 25.2 Å². The van der Waals surface area contributed by atoms with Crippen LogP contribution < -0.4 is 0 Å². The molecule has 2 aliphatic heterocycles. The van der Waals surface area contributed by atoms with Crippen LogP contribution in [0.15, 0.2) is 11.6 Å². The van der Waals surface area contributed by atoms with Gasteiger partial charge in [-0.25, -0.2) is 4.79 Å². The average molecular weight is 207 g/mol. The van der Waals surface area contributed by atoms with E-state index in [1.54, 1.807) is 0 Å². The van der Waals surface area contributed by atoms with Gasteiger partial charge < -0.3 is 9.47 Å². The van der Waals surface area contributed by atoms with E-state index in [2.05, 4.69) is 4.74 Å². The molecule has 2 heterocycles. The number of nitriles is 1. The van der Waals surface area contributed by atoms with Crippen LogP contribution >= 0.6 is 0 Å². The minimum atomic E-state index is -0.617. The lowest BCUT2D eigenvalue weighted by Crippen LogP contribution is -2.44. The second kappa shape index (κ2) is 3.39. The van der Waals surface area contributed by atoms with Crippen molar-refractivity contribution in [3.63, 3.8) is 0 Å². The van der Waals surface area contributed by atoms with Crippen molar-refractivity contribution < 1.29 is 19.1 Å². The van der Waals surface area contributed by atoms with Gasteiger partial charge in [-0.05, 0) is 0 Å². The lowest BCUT2D eigenvalue weighted by molar-refractivity contribution is -0.162. The van der Waals surface area contributed by atoms with E-state index in [-0.39, 0.29) is 5.92 Å². The van der Waals surface area contributed by atoms with Crippen LogP contribution in [0, 0.1) is 23.2 Å². The Morgan fingerprint density at radius 1 is 1.73 bits per heavy atom. The van der Waals surface area contributed by atoms with Crippen LogP contribution in [0.3, 0.4) is 0 Å². The number of carbonyl (C=O) groups excluding carboxylic acids is 2. The number of rotatable bonds is 1. The summed E-state index contributed by atoms with van der Waals surface area (Å²) in [6.07, 6.45) is 1.27. The lowest BCUT2D eigenvalue weighted by Gasteiger charge is -2.36. The molecule has 0 aromatic carbocycles. The Morgan fingerprint density at radius 3 is 3.00 bits per heavy atom. The third-order valence-corrected chi connectivity index (χ3v) is 2.72. The Bertz CT molecular complexity index is 393. The Morgan fingerprint density at radius 2 is 2.47 bits per heavy atom. The van der Waals surface area contributed by atoms with Crippen molar-refractivity contribution >= 4 is 11.9 Å². The van der Waals surface area contributed by atoms with Crippen molar-refractivity contribution in [3.05, 3.63) is 11.6 Å². The zero-order chi connectivity index (χ0) is 11.0. The zero-order valence-electron chi connectivity index (χ0n) is 8.10.